The summed E-state index contributed by atoms with van der Waals surface area (Å²) < 4.78 is 6.57. The molecule has 2 amide bonds. The fraction of sp³-hybridized carbons (Fsp3) is 0.577. The summed E-state index contributed by atoms with van der Waals surface area (Å²) in [5, 5.41) is 0. The number of amides is 2. The second-order valence-electron chi connectivity index (χ2n) is 9.26. The van der Waals surface area contributed by atoms with Crippen molar-refractivity contribution in [2.24, 2.45) is 0 Å². The molecule has 0 N–H and O–H groups in total. The van der Waals surface area contributed by atoms with Crippen molar-refractivity contribution < 1.29 is 14.3 Å². The third kappa shape index (κ3) is 5.57. The van der Waals surface area contributed by atoms with Crippen LogP contribution >= 0.6 is 11.3 Å². The first-order valence-corrected chi connectivity index (χ1v) is 13.2. The van der Waals surface area contributed by atoms with Crippen LogP contribution in [0.2, 0.25) is 0 Å². The van der Waals surface area contributed by atoms with Crippen LogP contribution in [0.1, 0.15) is 83.5 Å². The highest BCUT2D eigenvalue weighted by Crippen LogP contribution is 2.31. The summed E-state index contributed by atoms with van der Waals surface area (Å²) >= 11 is 1.42. The Balaban J connectivity index is 1.67. The van der Waals surface area contributed by atoms with Crippen LogP contribution in [0.25, 0.3) is 0 Å². The molecule has 1 saturated carbocycles. The van der Waals surface area contributed by atoms with Gasteiger partial charge in [0.15, 0.2) is 0 Å². The third-order valence-corrected chi connectivity index (χ3v) is 7.82. The predicted molar refractivity (Wildman–Crippen MR) is 131 cm³/mol. The first-order valence-electron chi connectivity index (χ1n) is 12.3. The van der Waals surface area contributed by atoms with Crippen LogP contribution in [0.15, 0.2) is 29.8 Å². The Morgan fingerprint density at radius 2 is 1.76 bits per heavy atom. The van der Waals surface area contributed by atoms with Crippen LogP contribution in [0.5, 0.6) is 5.75 Å². The van der Waals surface area contributed by atoms with Crippen molar-refractivity contribution in [3.8, 4) is 5.75 Å². The molecule has 4 rings (SSSR count). The second-order valence-corrected chi connectivity index (χ2v) is 10.1. The SMILES string of the molecule is Cc1ncsc1C(=O)N1CCCCCCCN(C)C(=O)c2ccccc2O[C@H]2CCCC[C@H]21. The number of ether oxygens (including phenoxy) is 1. The van der Waals surface area contributed by atoms with Crippen molar-refractivity contribution in [2.45, 2.75) is 76.9 Å². The van der Waals surface area contributed by atoms with E-state index in [2.05, 4.69) is 9.88 Å². The van der Waals surface area contributed by atoms with E-state index in [1.807, 2.05) is 43.1 Å². The Hall–Kier alpha value is -2.41. The highest BCUT2D eigenvalue weighted by molar-refractivity contribution is 7.11. The number of hydrogen-bond acceptors (Lipinski definition) is 5. The number of benzene rings is 1. The van der Waals surface area contributed by atoms with Crippen molar-refractivity contribution in [3.63, 3.8) is 0 Å². The number of para-hydroxylation sites is 1. The maximum Gasteiger partial charge on any atom is 0.266 e. The fourth-order valence-corrected chi connectivity index (χ4v) is 5.76. The normalized spacial score (nSPS) is 23.0. The van der Waals surface area contributed by atoms with Crippen LogP contribution in [-0.4, -0.2) is 58.9 Å². The van der Waals surface area contributed by atoms with Gasteiger partial charge in [-0.25, -0.2) is 4.98 Å². The summed E-state index contributed by atoms with van der Waals surface area (Å²) in [4.78, 5) is 35.7. The molecule has 1 fully saturated rings. The second kappa shape index (κ2) is 11.1. The minimum atomic E-state index is -0.125. The van der Waals surface area contributed by atoms with E-state index >= 15 is 0 Å². The molecule has 0 radical (unpaired) electrons. The van der Waals surface area contributed by atoms with Gasteiger partial charge in [0.1, 0.15) is 16.7 Å². The van der Waals surface area contributed by atoms with E-state index in [1.165, 1.54) is 11.3 Å². The number of fused-ring (bicyclic) bond motifs is 2. The Morgan fingerprint density at radius 3 is 2.55 bits per heavy atom. The van der Waals surface area contributed by atoms with Gasteiger partial charge in [-0.15, -0.1) is 11.3 Å². The molecule has 6 nitrogen and oxygen atoms in total. The zero-order valence-corrected chi connectivity index (χ0v) is 20.6. The summed E-state index contributed by atoms with van der Waals surface area (Å²) in [5.74, 6) is 0.701. The molecule has 1 aromatic carbocycles. The van der Waals surface area contributed by atoms with Crippen molar-refractivity contribution >= 4 is 23.2 Å². The lowest BCUT2D eigenvalue weighted by Gasteiger charge is -2.40. The van der Waals surface area contributed by atoms with Crippen LogP contribution in [0, 0.1) is 6.92 Å². The van der Waals surface area contributed by atoms with Crippen LogP contribution < -0.4 is 4.74 Å². The smallest absolute Gasteiger partial charge is 0.266 e. The van der Waals surface area contributed by atoms with E-state index < -0.39 is 0 Å². The zero-order valence-electron chi connectivity index (χ0n) is 19.8. The van der Waals surface area contributed by atoms with Gasteiger partial charge in [0.05, 0.1) is 22.8 Å². The molecule has 0 unspecified atom stereocenters. The molecule has 2 heterocycles. The molecule has 2 aromatic rings. The zero-order chi connectivity index (χ0) is 23.2. The lowest BCUT2D eigenvalue weighted by molar-refractivity contribution is 0.0273. The largest absolute Gasteiger partial charge is 0.487 e. The van der Waals surface area contributed by atoms with E-state index in [4.69, 9.17) is 4.74 Å². The average molecular weight is 470 g/mol. The maximum absolute atomic E-state index is 13.7. The molecular formula is C26H35N3O3S. The van der Waals surface area contributed by atoms with Gasteiger partial charge in [0, 0.05) is 20.1 Å². The predicted octanol–water partition coefficient (Wildman–Crippen LogP) is 5.32. The summed E-state index contributed by atoms with van der Waals surface area (Å²) in [7, 11) is 1.87. The van der Waals surface area contributed by atoms with Gasteiger partial charge >= 0.3 is 0 Å². The molecule has 1 aromatic heterocycles. The molecule has 0 bridgehead atoms. The summed E-state index contributed by atoms with van der Waals surface area (Å²) in [5.41, 5.74) is 3.16. The Labute approximate surface area is 200 Å². The van der Waals surface area contributed by atoms with Gasteiger partial charge in [-0.2, -0.15) is 0 Å². The number of aryl methyl sites for hydroxylation is 1. The number of thiazole rings is 1. The van der Waals surface area contributed by atoms with Crippen molar-refractivity contribution in [1.29, 1.82) is 0 Å². The maximum atomic E-state index is 13.7. The molecule has 1 aliphatic heterocycles. The van der Waals surface area contributed by atoms with E-state index in [1.54, 1.807) is 5.51 Å². The lowest BCUT2D eigenvalue weighted by atomic mass is 9.90. The van der Waals surface area contributed by atoms with E-state index in [0.29, 0.717) is 11.3 Å². The van der Waals surface area contributed by atoms with Gasteiger partial charge in [-0.1, -0.05) is 37.8 Å². The van der Waals surface area contributed by atoms with Gasteiger partial charge in [0.25, 0.3) is 11.8 Å². The summed E-state index contributed by atoms with van der Waals surface area (Å²) in [6.07, 6.45) is 9.09. The third-order valence-electron chi connectivity index (χ3n) is 6.90. The van der Waals surface area contributed by atoms with Crippen molar-refractivity contribution in [1.82, 2.24) is 14.8 Å². The molecule has 0 spiro atoms. The minimum absolute atomic E-state index is 0.000971. The first-order chi connectivity index (χ1) is 16.1. The van der Waals surface area contributed by atoms with E-state index in [0.717, 1.165) is 81.4 Å². The number of aromatic nitrogens is 1. The Kier molecular flexibility index (Phi) is 8.02. The van der Waals surface area contributed by atoms with Gasteiger partial charge < -0.3 is 14.5 Å². The quantitative estimate of drug-likeness (QED) is 0.567. The topological polar surface area (TPSA) is 62.7 Å². The van der Waals surface area contributed by atoms with Crippen LogP contribution in [0.3, 0.4) is 0 Å². The highest BCUT2D eigenvalue weighted by atomic mass is 32.1. The summed E-state index contributed by atoms with van der Waals surface area (Å²) in [6.45, 7) is 3.39. The average Bonchev–Trinajstić information content (AvgIpc) is 3.26. The Morgan fingerprint density at radius 1 is 1.03 bits per heavy atom. The van der Waals surface area contributed by atoms with E-state index in [-0.39, 0.29) is 24.0 Å². The number of carbonyl (C=O) groups excluding carboxylic acids is 2. The van der Waals surface area contributed by atoms with Gasteiger partial charge in [0.2, 0.25) is 0 Å². The van der Waals surface area contributed by atoms with Gasteiger partial charge in [-0.05, 0) is 51.2 Å². The molecule has 33 heavy (non-hydrogen) atoms. The summed E-state index contributed by atoms with van der Waals surface area (Å²) in [6, 6.07) is 7.56. The van der Waals surface area contributed by atoms with E-state index in [9.17, 15) is 9.59 Å². The molecule has 2 aliphatic rings. The fourth-order valence-electron chi connectivity index (χ4n) is 5.00. The molecule has 1 aliphatic carbocycles. The number of rotatable bonds is 1. The van der Waals surface area contributed by atoms with Crippen molar-refractivity contribution in [3.05, 3.63) is 45.9 Å². The monoisotopic (exact) mass is 469 g/mol. The van der Waals surface area contributed by atoms with Crippen LogP contribution in [0.4, 0.5) is 0 Å². The molecule has 178 valence electrons. The highest BCUT2D eigenvalue weighted by Gasteiger charge is 2.36. The molecule has 7 heteroatoms. The lowest BCUT2D eigenvalue weighted by Crippen LogP contribution is -2.51. The standard InChI is InChI=1S/C26H35N3O3S/c1-19-24(33-18-27-19)26(31)29-17-11-5-3-4-10-16-28(2)25(30)20-12-6-8-14-22(20)32-23-15-9-7-13-21(23)29/h6,8,12,14,18,21,23H,3-5,7,9-11,13,15-17H2,1-2H3/t21-,23+/m1/s1. The number of hydrogen-bond donors (Lipinski definition) is 0. The molecular weight excluding hydrogens is 434 g/mol. The molecule has 0 saturated heterocycles. The van der Waals surface area contributed by atoms with Gasteiger partial charge in [-0.3, -0.25) is 9.59 Å². The number of carbonyl (C=O) groups is 2. The van der Waals surface area contributed by atoms with Crippen molar-refractivity contribution in [2.75, 3.05) is 20.1 Å². The Bertz CT molecular complexity index is 960. The number of nitrogens with zero attached hydrogens (tertiary/aromatic N) is 3. The first kappa shape index (κ1) is 23.7. The molecule has 2 atom stereocenters. The van der Waals surface area contributed by atoms with Crippen LogP contribution in [-0.2, 0) is 0 Å². The minimum Gasteiger partial charge on any atom is -0.487 e.